The molecule has 0 bridgehead atoms. The number of carbonyl (C=O) groups is 1. The van der Waals surface area contributed by atoms with Crippen LogP contribution in [0.1, 0.15) is 54.4 Å². The van der Waals surface area contributed by atoms with Gasteiger partial charge in [-0.25, -0.2) is 10.0 Å². The van der Waals surface area contributed by atoms with E-state index in [1.54, 1.807) is 18.2 Å². The van der Waals surface area contributed by atoms with Crippen molar-refractivity contribution in [2.45, 2.75) is 55.5 Å². The number of thioether (sulfide) groups is 1. The summed E-state index contributed by atoms with van der Waals surface area (Å²) in [6.45, 7) is -1.13. The molecule has 1 aliphatic carbocycles. The summed E-state index contributed by atoms with van der Waals surface area (Å²) in [4.78, 5) is 23.4. The van der Waals surface area contributed by atoms with Crippen LogP contribution in [-0.4, -0.2) is 45.8 Å². The molecule has 5 rings (SSSR count). The number of hydrazine groups is 1. The maximum atomic E-state index is 13.4. The normalized spacial score (nSPS) is 18.6. The van der Waals surface area contributed by atoms with Gasteiger partial charge in [0, 0.05) is 21.9 Å². The van der Waals surface area contributed by atoms with Gasteiger partial charge in [-0.3, -0.25) is 10.2 Å². The Morgan fingerprint density at radius 1 is 0.951 bits per heavy atom. The fourth-order valence-electron chi connectivity index (χ4n) is 4.85. The lowest BCUT2D eigenvalue weighted by Gasteiger charge is -2.34. The predicted molar refractivity (Wildman–Crippen MR) is 155 cm³/mol. The van der Waals surface area contributed by atoms with Crippen LogP contribution in [0.2, 0.25) is 0 Å². The van der Waals surface area contributed by atoms with E-state index in [1.807, 2.05) is 66.7 Å². The van der Waals surface area contributed by atoms with Crippen LogP contribution < -0.4 is 5.43 Å². The first-order chi connectivity index (χ1) is 19.9. The molecule has 214 valence electrons. The molecule has 2 aliphatic rings. The van der Waals surface area contributed by atoms with Gasteiger partial charge in [-0.05, 0) is 24.5 Å². The van der Waals surface area contributed by atoms with Crippen molar-refractivity contribution in [2.24, 2.45) is 10.1 Å². The molecule has 1 N–H and O–H groups in total. The number of amidine groups is 1. The molecule has 6 nitrogen and oxygen atoms in total. The van der Waals surface area contributed by atoms with E-state index in [0.717, 1.165) is 43.2 Å². The highest BCUT2D eigenvalue weighted by Gasteiger charge is 2.40. The lowest BCUT2D eigenvalue weighted by molar-refractivity contribution is -0.165. The van der Waals surface area contributed by atoms with Gasteiger partial charge in [-0.2, -0.15) is 13.2 Å². The SMILES string of the molecule is O=C1C(SC2CCCCC2)N=C(c2cccc(/C(=N\OCc3ccccc3)c3ccccc3)c2)NN1CC(F)(F)F. The third-order valence-corrected chi connectivity index (χ3v) is 8.28. The van der Waals surface area contributed by atoms with Crippen molar-refractivity contribution in [3.05, 3.63) is 107 Å². The van der Waals surface area contributed by atoms with Crippen LogP contribution in [0.3, 0.4) is 0 Å². The number of carbonyl (C=O) groups excluding carboxylic acids is 1. The summed E-state index contributed by atoms with van der Waals surface area (Å²) in [6.07, 6.45) is 0.545. The lowest BCUT2D eigenvalue weighted by Crippen LogP contribution is -2.56. The van der Waals surface area contributed by atoms with Gasteiger partial charge in [-0.15, -0.1) is 11.8 Å². The zero-order valence-corrected chi connectivity index (χ0v) is 23.2. The Labute approximate surface area is 241 Å². The van der Waals surface area contributed by atoms with Crippen LogP contribution in [-0.2, 0) is 16.2 Å². The average molecular weight is 581 g/mol. The quantitative estimate of drug-likeness (QED) is 0.226. The number of nitrogens with zero attached hydrogens (tertiary/aromatic N) is 3. The summed E-state index contributed by atoms with van der Waals surface area (Å²) in [5, 5.41) is 4.34. The molecule has 1 saturated carbocycles. The predicted octanol–water partition coefficient (Wildman–Crippen LogP) is 6.70. The maximum absolute atomic E-state index is 13.4. The molecule has 3 aromatic carbocycles. The highest BCUT2D eigenvalue weighted by molar-refractivity contribution is 8.01. The van der Waals surface area contributed by atoms with Crippen molar-refractivity contribution in [3.8, 4) is 0 Å². The fraction of sp³-hybridized carbons (Fsp3) is 0.323. The number of aliphatic imine (C=N–C) groups is 1. The van der Waals surface area contributed by atoms with Crippen LogP contribution in [0.4, 0.5) is 13.2 Å². The first-order valence-corrected chi connectivity index (χ1v) is 14.6. The highest BCUT2D eigenvalue weighted by atomic mass is 32.2. The molecule has 41 heavy (non-hydrogen) atoms. The zero-order chi connectivity index (χ0) is 28.7. The van der Waals surface area contributed by atoms with Crippen LogP contribution in [0.5, 0.6) is 0 Å². The number of halogens is 3. The van der Waals surface area contributed by atoms with Crippen LogP contribution >= 0.6 is 11.8 Å². The number of benzene rings is 3. The van der Waals surface area contributed by atoms with Crippen molar-refractivity contribution in [3.63, 3.8) is 0 Å². The lowest BCUT2D eigenvalue weighted by atomic mass is 10.00. The number of amides is 1. The van der Waals surface area contributed by atoms with E-state index in [0.29, 0.717) is 21.8 Å². The second-order valence-corrected chi connectivity index (χ2v) is 11.4. The van der Waals surface area contributed by atoms with E-state index >= 15 is 0 Å². The van der Waals surface area contributed by atoms with Gasteiger partial charge >= 0.3 is 6.18 Å². The summed E-state index contributed by atoms with van der Waals surface area (Å²) in [5.74, 6) is -0.472. The van der Waals surface area contributed by atoms with Crippen LogP contribution in [0.15, 0.2) is 95.1 Å². The summed E-state index contributed by atoms with van der Waals surface area (Å²) in [5.41, 5.74) is 6.23. The van der Waals surface area contributed by atoms with E-state index in [4.69, 9.17) is 4.84 Å². The number of hydrogen-bond acceptors (Lipinski definition) is 6. The molecule has 1 atom stereocenters. The fourth-order valence-corrected chi connectivity index (χ4v) is 6.23. The number of rotatable bonds is 9. The molecular weight excluding hydrogens is 549 g/mol. The summed E-state index contributed by atoms with van der Waals surface area (Å²) >= 11 is 1.36. The van der Waals surface area contributed by atoms with Crippen molar-refractivity contribution in [1.82, 2.24) is 10.4 Å². The number of nitrogens with one attached hydrogen (secondary N) is 1. The van der Waals surface area contributed by atoms with Crippen molar-refractivity contribution >= 4 is 29.2 Å². The van der Waals surface area contributed by atoms with Gasteiger partial charge in [0.25, 0.3) is 5.91 Å². The van der Waals surface area contributed by atoms with E-state index < -0.39 is 24.0 Å². The van der Waals surface area contributed by atoms with E-state index in [-0.39, 0.29) is 17.7 Å². The molecule has 0 radical (unpaired) electrons. The molecule has 0 spiro atoms. The second kappa shape index (κ2) is 13.2. The van der Waals surface area contributed by atoms with Crippen molar-refractivity contribution in [2.75, 3.05) is 6.54 Å². The summed E-state index contributed by atoms with van der Waals surface area (Å²) in [6, 6.07) is 26.4. The van der Waals surface area contributed by atoms with Crippen molar-refractivity contribution < 1.29 is 22.8 Å². The molecule has 0 saturated heterocycles. The first-order valence-electron chi connectivity index (χ1n) is 13.6. The molecule has 1 unspecified atom stereocenters. The minimum absolute atomic E-state index is 0.193. The van der Waals surface area contributed by atoms with E-state index in [1.165, 1.54) is 11.8 Å². The Balaban J connectivity index is 1.45. The minimum atomic E-state index is -4.56. The van der Waals surface area contributed by atoms with Crippen LogP contribution in [0, 0.1) is 0 Å². The van der Waals surface area contributed by atoms with Crippen molar-refractivity contribution in [1.29, 1.82) is 0 Å². The van der Waals surface area contributed by atoms with Gasteiger partial charge in [0.05, 0.1) is 0 Å². The molecule has 1 fully saturated rings. The Kier molecular flexibility index (Phi) is 9.28. The van der Waals surface area contributed by atoms with Gasteiger partial charge in [0.1, 0.15) is 24.7 Å². The Bertz CT molecular complexity index is 1380. The molecular formula is C31H31F3N4O2S. The number of oxime groups is 1. The highest BCUT2D eigenvalue weighted by Crippen LogP contribution is 2.34. The third kappa shape index (κ3) is 7.91. The van der Waals surface area contributed by atoms with Gasteiger partial charge in [0.15, 0.2) is 5.37 Å². The summed E-state index contributed by atoms with van der Waals surface area (Å²) in [7, 11) is 0. The van der Waals surface area contributed by atoms with Crippen LogP contribution in [0.25, 0.3) is 0 Å². The summed E-state index contributed by atoms with van der Waals surface area (Å²) < 4.78 is 40.3. The van der Waals surface area contributed by atoms with Gasteiger partial charge in [0.2, 0.25) is 0 Å². The Morgan fingerprint density at radius 2 is 1.63 bits per heavy atom. The molecule has 1 amide bonds. The molecule has 0 aromatic heterocycles. The Hall–Kier alpha value is -3.79. The van der Waals surface area contributed by atoms with Gasteiger partial charge < -0.3 is 4.84 Å². The van der Waals surface area contributed by atoms with E-state index in [2.05, 4.69) is 15.6 Å². The maximum Gasteiger partial charge on any atom is 0.408 e. The molecule has 1 heterocycles. The zero-order valence-electron chi connectivity index (χ0n) is 22.4. The largest absolute Gasteiger partial charge is 0.408 e. The molecule has 3 aromatic rings. The third-order valence-electron chi connectivity index (χ3n) is 6.86. The first kappa shape index (κ1) is 28.7. The Morgan fingerprint density at radius 3 is 2.34 bits per heavy atom. The van der Waals surface area contributed by atoms with E-state index in [9.17, 15) is 18.0 Å². The topological polar surface area (TPSA) is 66.3 Å². The smallest absolute Gasteiger partial charge is 0.390 e. The molecule has 10 heteroatoms. The van der Waals surface area contributed by atoms with Gasteiger partial charge in [-0.1, -0.05) is 103 Å². The number of alkyl halides is 3. The average Bonchev–Trinajstić information content (AvgIpc) is 2.98. The standard InChI is InChI=1S/C31H31F3N4O2S/c32-31(33,34)21-38-30(39)29(41-26-17-8-3-9-18-26)35-28(36-38)25-16-10-15-24(19-25)27(23-13-6-2-7-14-23)37-40-20-22-11-4-1-5-12-22/h1-2,4-7,10-16,19,26,29H,3,8-9,17-18,20-21H2,(H,35,36)/b37-27-. The molecule has 1 aliphatic heterocycles. The monoisotopic (exact) mass is 580 g/mol. The number of hydrogen-bond donors (Lipinski definition) is 1. The second-order valence-electron chi connectivity index (χ2n) is 10.0. The minimum Gasteiger partial charge on any atom is -0.390 e.